The number of esters is 2. The van der Waals surface area contributed by atoms with E-state index in [0.717, 1.165) is 49.7 Å². The second-order valence-electron chi connectivity index (χ2n) is 10.9. The summed E-state index contributed by atoms with van der Waals surface area (Å²) in [6, 6.07) is 17.0. The number of benzene rings is 2. The number of carbonyl (C=O) groups excluding carboxylic acids is 2. The third-order valence-electron chi connectivity index (χ3n) is 7.46. The van der Waals surface area contributed by atoms with E-state index in [1.165, 1.54) is 36.6 Å². The monoisotopic (exact) mass is 513 g/mol. The molecule has 38 heavy (non-hydrogen) atoms. The van der Waals surface area contributed by atoms with Gasteiger partial charge in [-0.05, 0) is 71.9 Å². The topological polar surface area (TPSA) is 65.5 Å². The molecule has 200 valence electrons. The molecule has 1 aromatic heterocycles. The van der Waals surface area contributed by atoms with E-state index in [1.54, 1.807) is 12.1 Å². The molecule has 0 N–H and O–H groups in total. The molecule has 5 heteroatoms. The number of nitrogens with zero attached hydrogens (tertiary/aromatic N) is 1. The smallest absolute Gasteiger partial charge is 0.345 e. The molecule has 0 amide bonds. The molecule has 4 rings (SSSR count). The summed E-state index contributed by atoms with van der Waals surface area (Å²) in [6.45, 7) is 7.01. The largest absolute Gasteiger partial charge is 0.457 e. The van der Waals surface area contributed by atoms with Gasteiger partial charge in [0.15, 0.2) is 0 Å². The van der Waals surface area contributed by atoms with E-state index in [0.29, 0.717) is 11.1 Å². The molecule has 2 aromatic carbocycles. The molecule has 1 aliphatic carbocycles. The van der Waals surface area contributed by atoms with Gasteiger partial charge in [0.2, 0.25) is 5.88 Å². The van der Waals surface area contributed by atoms with Crippen LogP contribution >= 0.6 is 0 Å². The van der Waals surface area contributed by atoms with Gasteiger partial charge in [-0.3, -0.25) is 0 Å². The fraction of sp³-hybridized carbons (Fsp3) is 0.424. The zero-order chi connectivity index (χ0) is 27.0. The summed E-state index contributed by atoms with van der Waals surface area (Å²) in [5.41, 5.74) is 5.62. The predicted molar refractivity (Wildman–Crippen MR) is 150 cm³/mol. The van der Waals surface area contributed by atoms with Crippen molar-refractivity contribution in [3.63, 3.8) is 0 Å². The molecule has 0 aliphatic heterocycles. The van der Waals surface area contributed by atoms with Crippen molar-refractivity contribution in [1.82, 2.24) is 4.98 Å². The average molecular weight is 514 g/mol. The predicted octanol–water partition coefficient (Wildman–Crippen LogP) is 7.78. The van der Waals surface area contributed by atoms with Crippen LogP contribution in [0, 0.1) is 0 Å². The minimum atomic E-state index is -0.470. The molecule has 0 radical (unpaired) electrons. The highest BCUT2D eigenvalue weighted by atomic mass is 16.5. The number of rotatable bonds is 10. The lowest BCUT2D eigenvalue weighted by Gasteiger charge is -2.27. The molecule has 0 bridgehead atoms. The van der Waals surface area contributed by atoms with Crippen molar-refractivity contribution in [2.75, 3.05) is 0 Å². The number of aryl methyl sites for hydroxylation is 2. The number of ether oxygens (including phenoxy) is 2. The van der Waals surface area contributed by atoms with Crippen molar-refractivity contribution in [2.24, 2.45) is 0 Å². The number of aromatic nitrogens is 1. The summed E-state index contributed by atoms with van der Waals surface area (Å²) in [7, 11) is 0. The van der Waals surface area contributed by atoms with Gasteiger partial charge in [-0.15, -0.1) is 0 Å². The maximum atomic E-state index is 13.4. The van der Waals surface area contributed by atoms with Crippen molar-refractivity contribution in [3.8, 4) is 5.88 Å². The zero-order valence-electron chi connectivity index (χ0n) is 22.9. The second-order valence-corrected chi connectivity index (χ2v) is 10.9. The van der Waals surface area contributed by atoms with Crippen LogP contribution in [0.25, 0.3) is 0 Å². The first kappa shape index (κ1) is 27.6. The highest BCUT2D eigenvalue weighted by molar-refractivity contribution is 5.93. The van der Waals surface area contributed by atoms with E-state index >= 15 is 0 Å². The van der Waals surface area contributed by atoms with Crippen LogP contribution in [0.4, 0.5) is 0 Å². The van der Waals surface area contributed by atoms with Crippen molar-refractivity contribution in [2.45, 2.75) is 90.6 Å². The Morgan fingerprint density at radius 1 is 0.947 bits per heavy atom. The van der Waals surface area contributed by atoms with Crippen LogP contribution in [0.2, 0.25) is 0 Å². The highest BCUT2D eigenvalue weighted by Crippen LogP contribution is 2.37. The van der Waals surface area contributed by atoms with Gasteiger partial charge in [0.05, 0.1) is 11.1 Å². The van der Waals surface area contributed by atoms with Crippen LogP contribution in [0.5, 0.6) is 5.88 Å². The first-order chi connectivity index (χ1) is 18.4. The van der Waals surface area contributed by atoms with E-state index < -0.39 is 11.9 Å². The summed E-state index contributed by atoms with van der Waals surface area (Å²) in [6.07, 6.45) is 11.3. The Morgan fingerprint density at radius 3 is 2.50 bits per heavy atom. The average Bonchev–Trinajstić information content (AvgIpc) is 3.07. The Bertz CT molecular complexity index is 1230. The number of carbonyl (C=O) groups is 2. The molecule has 0 atom stereocenters. The number of pyridine rings is 1. The van der Waals surface area contributed by atoms with Crippen LogP contribution < -0.4 is 4.74 Å². The van der Waals surface area contributed by atoms with E-state index in [4.69, 9.17) is 9.47 Å². The minimum absolute atomic E-state index is 0.0962. The lowest BCUT2D eigenvalue weighted by molar-refractivity contribution is 0.0472. The Morgan fingerprint density at radius 2 is 1.76 bits per heavy atom. The molecule has 5 nitrogen and oxygen atoms in total. The Labute approximate surface area is 226 Å². The minimum Gasteiger partial charge on any atom is -0.457 e. The molecule has 3 aromatic rings. The van der Waals surface area contributed by atoms with E-state index in [9.17, 15) is 9.59 Å². The fourth-order valence-corrected chi connectivity index (χ4v) is 5.20. The SMILES string of the molecule is CCCCCCc1cc2c(cc1C(=O)Oc1ccc(C(=O)OCc3ccccc3)cn1)CCCCC2(C)C. The third-order valence-corrected chi connectivity index (χ3v) is 7.46. The number of fused-ring (bicyclic) bond motifs is 1. The van der Waals surface area contributed by atoms with E-state index in [2.05, 4.69) is 37.9 Å². The highest BCUT2D eigenvalue weighted by Gasteiger charge is 2.28. The lowest BCUT2D eigenvalue weighted by Crippen LogP contribution is -2.20. The first-order valence-electron chi connectivity index (χ1n) is 13.9. The molecule has 1 aliphatic rings. The van der Waals surface area contributed by atoms with Crippen LogP contribution in [-0.4, -0.2) is 16.9 Å². The second kappa shape index (κ2) is 12.9. The Kier molecular flexibility index (Phi) is 9.33. The summed E-state index contributed by atoms with van der Waals surface area (Å²) >= 11 is 0. The van der Waals surface area contributed by atoms with E-state index in [1.807, 2.05) is 30.3 Å². The molecular formula is C33H39NO4. The van der Waals surface area contributed by atoms with Gasteiger partial charge in [-0.2, -0.15) is 0 Å². The lowest BCUT2D eigenvalue weighted by atomic mass is 9.78. The van der Waals surface area contributed by atoms with Gasteiger partial charge in [0, 0.05) is 12.3 Å². The van der Waals surface area contributed by atoms with Gasteiger partial charge < -0.3 is 9.47 Å². The third kappa shape index (κ3) is 7.09. The van der Waals surface area contributed by atoms with Gasteiger partial charge >= 0.3 is 11.9 Å². The fourth-order valence-electron chi connectivity index (χ4n) is 5.20. The van der Waals surface area contributed by atoms with Gasteiger partial charge in [-0.25, -0.2) is 14.6 Å². The Balaban J connectivity index is 1.49. The number of hydrogen-bond donors (Lipinski definition) is 0. The Hall–Kier alpha value is -3.47. The van der Waals surface area contributed by atoms with Crippen molar-refractivity contribution in [3.05, 3.63) is 94.2 Å². The summed E-state index contributed by atoms with van der Waals surface area (Å²) < 4.78 is 11.1. The van der Waals surface area contributed by atoms with Gasteiger partial charge in [-0.1, -0.05) is 82.9 Å². The quantitative estimate of drug-likeness (QED) is 0.157. The van der Waals surface area contributed by atoms with Gasteiger partial charge in [0.25, 0.3) is 0 Å². The molecule has 0 unspecified atom stereocenters. The maximum absolute atomic E-state index is 13.4. The van der Waals surface area contributed by atoms with E-state index in [-0.39, 0.29) is 17.9 Å². The van der Waals surface area contributed by atoms with Crippen LogP contribution in [0.15, 0.2) is 60.8 Å². The molecule has 1 heterocycles. The molecular weight excluding hydrogens is 474 g/mol. The van der Waals surface area contributed by atoms with Crippen LogP contribution in [0.1, 0.15) is 109 Å². The number of unbranched alkanes of at least 4 members (excludes halogenated alkanes) is 3. The van der Waals surface area contributed by atoms with Crippen LogP contribution in [-0.2, 0) is 29.6 Å². The summed E-state index contributed by atoms with van der Waals surface area (Å²) in [5.74, 6) is -0.698. The molecule has 0 fully saturated rings. The summed E-state index contributed by atoms with van der Waals surface area (Å²) in [5, 5.41) is 0. The van der Waals surface area contributed by atoms with Gasteiger partial charge in [0.1, 0.15) is 6.61 Å². The van der Waals surface area contributed by atoms with Crippen molar-refractivity contribution >= 4 is 11.9 Å². The standard InChI is InChI=1S/C33H39NO4/c1-4-5-6-10-15-25-21-29-26(16-11-12-19-33(29,2)3)20-28(25)32(36)38-30-18-17-27(22-34-30)31(35)37-23-24-13-8-7-9-14-24/h7-9,13-14,17-18,20-22H,4-6,10-12,15-16,19,23H2,1-3H3. The zero-order valence-corrected chi connectivity index (χ0v) is 22.9. The molecule has 0 spiro atoms. The van der Waals surface area contributed by atoms with Crippen molar-refractivity contribution in [1.29, 1.82) is 0 Å². The molecule has 0 saturated heterocycles. The number of hydrogen-bond acceptors (Lipinski definition) is 5. The first-order valence-corrected chi connectivity index (χ1v) is 13.9. The molecule has 0 saturated carbocycles. The summed E-state index contributed by atoms with van der Waals surface area (Å²) in [4.78, 5) is 30.0. The maximum Gasteiger partial charge on any atom is 0.345 e. The van der Waals surface area contributed by atoms with Crippen molar-refractivity contribution < 1.29 is 19.1 Å². The van der Waals surface area contributed by atoms with Crippen LogP contribution in [0.3, 0.4) is 0 Å². The normalized spacial score (nSPS) is 14.3.